The Morgan fingerprint density at radius 1 is 1.38 bits per heavy atom. The predicted molar refractivity (Wildman–Crippen MR) is 32.3 cm³/mol. The van der Waals surface area contributed by atoms with Crippen LogP contribution in [0.1, 0.15) is 27.2 Å². The van der Waals surface area contributed by atoms with Gasteiger partial charge in [-0.05, 0) is 0 Å². The van der Waals surface area contributed by atoms with Gasteiger partial charge in [0.2, 0.25) is 0 Å². The lowest BCUT2D eigenvalue weighted by atomic mass is 9.63. The standard InChI is InChI=1S/C5H11BF2/c1-4-5(2,3)6(7)8/h4H2,1-3H3. The molecule has 0 aliphatic heterocycles. The van der Waals surface area contributed by atoms with Crippen LogP contribution < -0.4 is 0 Å². The summed E-state index contributed by atoms with van der Waals surface area (Å²) in [6.07, 6.45) is 0.532. The minimum absolute atomic E-state index is 0.532. The molecule has 0 nitrogen and oxygen atoms in total. The van der Waals surface area contributed by atoms with E-state index in [0.717, 1.165) is 0 Å². The largest absolute Gasteiger partial charge is 0.543 e. The van der Waals surface area contributed by atoms with Crippen LogP contribution >= 0.6 is 0 Å². The molecule has 0 aromatic heterocycles. The minimum atomic E-state index is -2.19. The van der Waals surface area contributed by atoms with Gasteiger partial charge in [-0.3, -0.25) is 8.63 Å². The van der Waals surface area contributed by atoms with Gasteiger partial charge in [0.1, 0.15) is 0 Å². The van der Waals surface area contributed by atoms with Crippen LogP contribution in [0, 0.1) is 0 Å². The van der Waals surface area contributed by atoms with Crippen LogP contribution in [0.5, 0.6) is 0 Å². The maximum absolute atomic E-state index is 11.8. The van der Waals surface area contributed by atoms with Crippen molar-refractivity contribution in [3.8, 4) is 0 Å². The van der Waals surface area contributed by atoms with E-state index in [1.165, 1.54) is 0 Å². The number of hydrogen-bond acceptors (Lipinski definition) is 0. The Balaban J connectivity index is 3.71. The van der Waals surface area contributed by atoms with Gasteiger partial charge in [-0.1, -0.05) is 27.2 Å². The summed E-state index contributed by atoms with van der Waals surface area (Å²) in [6, 6.07) is 0. The third kappa shape index (κ3) is 1.80. The Kier molecular flexibility index (Phi) is 2.44. The summed E-state index contributed by atoms with van der Waals surface area (Å²) in [6.45, 7) is 4.90. The molecular weight excluding hydrogens is 109 g/mol. The van der Waals surface area contributed by atoms with E-state index in [-0.39, 0.29) is 0 Å². The molecule has 0 radical (unpaired) electrons. The molecule has 0 unspecified atom stereocenters. The van der Waals surface area contributed by atoms with Gasteiger partial charge in [0.15, 0.2) is 0 Å². The van der Waals surface area contributed by atoms with E-state index in [1.807, 2.05) is 0 Å². The van der Waals surface area contributed by atoms with Crippen LogP contribution in [0.25, 0.3) is 0 Å². The molecule has 0 N–H and O–H groups in total. The van der Waals surface area contributed by atoms with E-state index >= 15 is 0 Å². The van der Waals surface area contributed by atoms with Crippen molar-refractivity contribution in [3.05, 3.63) is 0 Å². The van der Waals surface area contributed by atoms with Crippen molar-refractivity contribution in [1.82, 2.24) is 0 Å². The van der Waals surface area contributed by atoms with Crippen molar-refractivity contribution < 1.29 is 8.63 Å². The zero-order valence-electron chi connectivity index (χ0n) is 5.54. The summed E-state index contributed by atoms with van der Waals surface area (Å²) >= 11 is 0. The van der Waals surface area contributed by atoms with Gasteiger partial charge >= 0.3 is 7.27 Å². The highest BCUT2D eigenvalue weighted by molar-refractivity contribution is 6.46. The zero-order chi connectivity index (χ0) is 6.78. The molecule has 0 heterocycles. The van der Waals surface area contributed by atoms with Crippen molar-refractivity contribution in [3.63, 3.8) is 0 Å². The molecule has 0 amide bonds. The predicted octanol–water partition coefficient (Wildman–Crippen LogP) is 2.60. The molecule has 0 fully saturated rings. The van der Waals surface area contributed by atoms with E-state index in [0.29, 0.717) is 6.42 Å². The molecule has 0 aromatic rings. The molecule has 0 rings (SSSR count). The molecule has 0 aromatic carbocycles. The third-order valence-electron chi connectivity index (χ3n) is 1.50. The Hall–Kier alpha value is -0.0751. The lowest BCUT2D eigenvalue weighted by Crippen LogP contribution is -2.17. The second-order valence-electron chi connectivity index (χ2n) is 2.64. The second kappa shape index (κ2) is 2.47. The smallest absolute Gasteiger partial charge is 0.286 e. The van der Waals surface area contributed by atoms with E-state index < -0.39 is 12.6 Å². The van der Waals surface area contributed by atoms with Gasteiger partial charge in [0.05, 0.1) is 0 Å². The first-order chi connectivity index (χ1) is 3.50. The monoisotopic (exact) mass is 120 g/mol. The molecule has 0 aliphatic carbocycles. The Bertz CT molecular complexity index is 70.8. The summed E-state index contributed by atoms with van der Waals surface area (Å²) in [5, 5.41) is -0.792. The topological polar surface area (TPSA) is 0 Å². The van der Waals surface area contributed by atoms with Gasteiger partial charge in [-0.15, -0.1) is 0 Å². The van der Waals surface area contributed by atoms with Crippen molar-refractivity contribution in [2.75, 3.05) is 0 Å². The van der Waals surface area contributed by atoms with Crippen LogP contribution in [0.4, 0.5) is 8.63 Å². The normalized spacial score (nSPS) is 11.6. The molecule has 0 saturated carbocycles. The van der Waals surface area contributed by atoms with E-state index in [2.05, 4.69) is 0 Å². The quantitative estimate of drug-likeness (QED) is 0.491. The molecule has 48 valence electrons. The molecule has 0 aliphatic rings. The Morgan fingerprint density at radius 2 is 1.75 bits per heavy atom. The zero-order valence-corrected chi connectivity index (χ0v) is 5.54. The highest BCUT2D eigenvalue weighted by Crippen LogP contribution is 2.32. The first-order valence-corrected chi connectivity index (χ1v) is 2.79. The number of hydrogen-bond donors (Lipinski definition) is 0. The molecule has 8 heavy (non-hydrogen) atoms. The Labute approximate surface area is 49.5 Å². The maximum atomic E-state index is 11.8. The lowest BCUT2D eigenvalue weighted by molar-refractivity contribution is 0.506. The number of rotatable bonds is 2. The number of halogens is 2. The van der Waals surface area contributed by atoms with Crippen LogP contribution in [-0.2, 0) is 0 Å². The molecule has 0 atom stereocenters. The van der Waals surface area contributed by atoms with E-state index in [1.54, 1.807) is 20.8 Å². The van der Waals surface area contributed by atoms with Crippen molar-refractivity contribution in [2.24, 2.45) is 0 Å². The van der Waals surface area contributed by atoms with Gasteiger partial charge in [0.25, 0.3) is 0 Å². The minimum Gasteiger partial charge on any atom is -0.286 e. The maximum Gasteiger partial charge on any atom is 0.543 e. The fraction of sp³-hybridized carbons (Fsp3) is 1.00. The van der Waals surface area contributed by atoms with Crippen LogP contribution in [0.3, 0.4) is 0 Å². The van der Waals surface area contributed by atoms with Gasteiger partial charge in [-0.25, -0.2) is 0 Å². The lowest BCUT2D eigenvalue weighted by Gasteiger charge is -2.16. The SMILES string of the molecule is CCC(C)(C)B(F)F. The van der Waals surface area contributed by atoms with Crippen LogP contribution in [0.15, 0.2) is 0 Å². The van der Waals surface area contributed by atoms with Gasteiger partial charge in [-0.2, -0.15) is 0 Å². The molecule has 3 heteroatoms. The summed E-state index contributed by atoms with van der Waals surface area (Å²) in [4.78, 5) is 0. The highest BCUT2D eigenvalue weighted by atomic mass is 19.2. The summed E-state index contributed by atoms with van der Waals surface area (Å²) in [7, 11) is -2.19. The van der Waals surface area contributed by atoms with Crippen LogP contribution in [-0.4, -0.2) is 7.27 Å². The van der Waals surface area contributed by atoms with Gasteiger partial charge in [0, 0.05) is 5.31 Å². The first-order valence-electron chi connectivity index (χ1n) is 2.79. The highest BCUT2D eigenvalue weighted by Gasteiger charge is 2.33. The molecule has 0 saturated heterocycles. The summed E-state index contributed by atoms with van der Waals surface area (Å²) in [5.41, 5.74) is 0. The van der Waals surface area contributed by atoms with Gasteiger partial charge < -0.3 is 0 Å². The molecule has 0 bridgehead atoms. The molecule has 0 spiro atoms. The summed E-state index contributed by atoms with van der Waals surface area (Å²) in [5.74, 6) is 0. The molecular formula is C5H11BF2. The van der Waals surface area contributed by atoms with Crippen LogP contribution in [0.2, 0.25) is 5.31 Å². The second-order valence-corrected chi connectivity index (χ2v) is 2.64. The van der Waals surface area contributed by atoms with Crippen molar-refractivity contribution in [2.45, 2.75) is 32.5 Å². The van der Waals surface area contributed by atoms with Crippen molar-refractivity contribution >= 4 is 7.27 Å². The summed E-state index contributed by atoms with van der Waals surface area (Å²) < 4.78 is 23.6. The average Bonchev–Trinajstić information content (AvgIpc) is 1.67. The van der Waals surface area contributed by atoms with Crippen molar-refractivity contribution in [1.29, 1.82) is 0 Å². The fourth-order valence-electron chi connectivity index (χ4n) is 0.154. The first kappa shape index (κ1) is 7.92. The van der Waals surface area contributed by atoms with E-state index in [9.17, 15) is 8.63 Å². The van der Waals surface area contributed by atoms with E-state index in [4.69, 9.17) is 0 Å². The third-order valence-corrected chi connectivity index (χ3v) is 1.50. The Morgan fingerprint density at radius 3 is 1.75 bits per heavy atom. The average molecular weight is 120 g/mol. The fourth-order valence-corrected chi connectivity index (χ4v) is 0.154.